The molecule has 0 spiro atoms. The number of hydrogen-bond acceptors (Lipinski definition) is 3. The van der Waals surface area contributed by atoms with Crippen molar-refractivity contribution in [1.82, 2.24) is 5.32 Å². The summed E-state index contributed by atoms with van der Waals surface area (Å²) in [6.07, 6.45) is 0.554. The Morgan fingerprint density at radius 3 is 3.06 bits per heavy atom. The third-order valence-corrected chi connectivity index (χ3v) is 4.46. The Morgan fingerprint density at radius 1 is 1.56 bits per heavy atom. The Balaban J connectivity index is 2.29. The molecule has 0 radical (unpaired) electrons. The van der Waals surface area contributed by atoms with Gasteiger partial charge in [-0.05, 0) is 38.6 Å². The molecule has 0 aliphatic carbocycles. The van der Waals surface area contributed by atoms with E-state index in [4.69, 9.17) is 0 Å². The molecule has 1 amide bonds. The van der Waals surface area contributed by atoms with Crippen molar-refractivity contribution in [2.24, 2.45) is 0 Å². The number of aryl methyl sites for hydroxylation is 1. The standard InChI is InChI=1S/C14H20N2OS/c1-10-4-5-13-12(8-10)16(11(2)9-18-13)14(17)6-7-15-3/h4-5,8,11,15H,6-7,9H2,1-3H3. The van der Waals surface area contributed by atoms with Gasteiger partial charge in [0.25, 0.3) is 0 Å². The molecule has 0 aromatic heterocycles. The highest BCUT2D eigenvalue weighted by molar-refractivity contribution is 7.99. The van der Waals surface area contributed by atoms with Gasteiger partial charge in [0, 0.05) is 29.7 Å². The van der Waals surface area contributed by atoms with E-state index in [0.717, 1.165) is 18.0 Å². The molecule has 1 aromatic carbocycles. The highest BCUT2D eigenvalue weighted by Gasteiger charge is 2.28. The SMILES string of the molecule is CNCCC(=O)N1c2cc(C)ccc2SCC1C. The minimum atomic E-state index is 0.212. The van der Waals surface area contributed by atoms with Crippen LogP contribution in [0.3, 0.4) is 0 Å². The third kappa shape index (κ3) is 2.70. The van der Waals surface area contributed by atoms with Gasteiger partial charge in [-0.3, -0.25) is 4.79 Å². The largest absolute Gasteiger partial charge is 0.319 e. The Hall–Kier alpha value is -1.00. The Labute approximate surface area is 113 Å². The summed E-state index contributed by atoms with van der Waals surface area (Å²) in [4.78, 5) is 15.5. The van der Waals surface area contributed by atoms with Gasteiger partial charge in [-0.2, -0.15) is 0 Å². The van der Waals surface area contributed by atoms with Crippen LogP contribution >= 0.6 is 11.8 Å². The smallest absolute Gasteiger partial charge is 0.228 e. The number of nitrogens with zero attached hydrogens (tertiary/aromatic N) is 1. The van der Waals surface area contributed by atoms with Crippen molar-refractivity contribution in [2.75, 3.05) is 24.2 Å². The second-order valence-corrected chi connectivity index (χ2v) is 5.81. The van der Waals surface area contributed by atoms with E-state index in [1.165, 1.54) is 10.5 Å². The zero-order valence-electron chi connectivity index (χ0n) is 11.2. The predicted molar refractivity (Wildman–Crippen MR) is 77.4 cm³/mol. The molecule has 0 fully saturated rings. The molecule has 0 bridgehead atoms. The average molecular weight is 264 g/mol. The van der Waals surface area contributed by atoms with Crippen molar-refractivity contribution in [3.63, 3.8) is 0 Å². The van der Waals surface area contributed by atoms with E-state index >= 15 is 0 Å². The predicted octanol–water partition coefficient (Wildman–Crippen LogP) is 2.43. The van der Waals surface area contributed by atoms with Crippen LogP contribution in [-0.4, -0.2) is 31.3 Å². The van der Waals surface area contributed by atoms with Crippen molar-refractivity contribution >= 4 is 23.4 Å². The van der Waals surface area contributed by atoms with Gasteiger partial charge in [0.1, 0.15) is 0 Å². The fourth-order valence-electron chi connectivity index (χ4n) is 2.19. The fraction of sp³-hybridized carbons (Fsp3) is 0.500. The number of nitrogens with one attached hydrogen (secondary N) is 1. The van der Waals surface area contributed by atoms with Crippen LogP contribution in [0.5, 0.6) is 0 Å². The summed E-state index contributed by atoms with van der Waals surface area (Å²) >= 11 is 1.84. The van der Waals surface area contributed by atoms with Crippen LogP contribution in [0.1, 0.15) is 18.9 Å². The van der Waals surface area contributed by atoms with Crippen LogP contribution < -0.4 is 10.2 Å². The molecule has 3 nitrogen and oxygen atoms in total. The van der Waals surface area contributed by atoms with Crippen molar-refractivity contribution in [3.05, 3.63) is 23.8 Å². The maximum absolute atomic E-state index is 12.3. The second-order valence-electron chi connectivity index (χ2n) is 4.75. The summed E-state index contributed by atoms with van der Waals surface area (Å²) < 4.78 is 0. The molecule has 1 heterocycles. The molecule has 1 aliphatic heterocycles. The molecule has 4 heteroatoms. The maximum atomic E-state index is 12.3. The topological polar surface area (TPSA) is 32.3 Å². The average Bonchev–Trinajstić information content (AvgIpc) is 2.35. The Bertz CT molecular complexity index is 447. The molecule has 1 aliphatic rings. The summed E-state index contributed by atoms with van der Waals surface area (Å²) in [7, 11) is 1.88. The lowest BCUT2D eigenvalue weighted by atomic mass is 10.1. The first-order valence-electron chi connectivity index (χ1n) is 6.33. The first kappa shape index (κ1) is 13.4. The molecule has 2 rings (SSSR count). The van der Waals surface area contributed by atoms with Gasteiger partial charge in [-0.25, -0.2) is 0 Å². The number of anilines is 1. The second kappa shape index (κ2) is 5.76. The van der Waals surface area contributed by atoms with E-state index in [9.17, 15) is 4.79 Å². The van der Waals surface area contributed by atoms with Gasteiger partial charge in [0.15, 0.2) is 0 Å². The third-order valence-electron chi connectivity index (χ3n) is 3.15. The van der Waals surface area contributed by atoms with Gasteiger partial charge in [0.2, 0.25) is 5.91 Å². The monoisotopic (exact) mass is 264 g/mol. The van der Waals surface area contributed by atoms with Gasteiger partial charge in [0.05, 0.1) is 5.69 Å². The van der Waals surface area contributed by atoms with E-state index in [1.54, 1.807) is 0 Å². The molecule has 0 saturated carbocycles. The van der Waals surface area contributed by atoms with E-state index in [0.29, 0.717) is 6.42 Å². The van der Waals surface area contributed by atoms with Crippen LogP contribution in [0.25, 0.3) is 0 Å². The van der Waals surface area contributed by atoms with Gasteiger partial charge >= 0.3 is 0 Å². The van der Waals surface area contributed by atoms with Crippen molar-refractivity contribution in [3.8, 4) is 0 Å². The van der Waals surface area contributed by atoms with Crippen molar-refractivity contribution in [1.29, 1.82) is 0 Å². The molecule has 98 valence electrons. The van der Waals surface area contributed by atoms with Gasteiger partial charge < -0.3 is 10.2 Å². The summed E-state index contributed by atoms with van der Waals surface area (Å²) in [6.45, 7) is 4.92. The lowest BCUT2D eigenvalue weighted by Crippen LogP contribution is -2.43. The quantitative estimate of drug-likeness (QED) is 0.910. The van der Waals surface area contributed by atoms with Crippen molar-refractivity contribution in [2.45, 2.75) is 31.2 Å². The lowest BCUT2D eigenvalue weighted by molar-refractivity contribution is -0.118. The molecule has 1 atom stereocenters. The minimum absolute atomic E-state index is 0.212. The van der Waals surface area contributed by atoms with Crippen LogP contribution in [0.4, 0.5) is 5.69 Å². The van der Waals surface area contributed by atoms with Crippen LogP contribution in [0.15, 0.2) is 23.1 Å². The lowest BCUT2D eigenvalue weighted by Gasteiger charge is -2.35. The molecular weight excluding hydrogens is 244 g/mol. The Kier molecular flexibility index (Phi) is 4.30. The first-order chi connectivity index (χ1) is 8.63. The van der Waals surface area contributed by atoms with E-state index in [1.807, 2.05) is 23.7 Å². The van der Waals surface area contributed by atoms with Gasteiger partial charge in [-0.1, -0.05) is 6.07 Å². The number of thioether (sulfide) groups is 1. The zero-order chi connectivity index (χ0) is 13.1. The van der Waals surface area contributed by atoms with Crippen LogP contribution in [0.2, 0.25) is 0 Å². The molecule has 18 heavy (non-hydrogen) atoms. The highest BCUT2D eigenvalue weighted by Crippen LogP contribution is 2.38. The number of fused-ring (bicyclic) bond motifs is 1. The van der Waals surface area contributed by atoms with Crippen molar-refractivity contribution < 1.29 is 4.79 Å². The minimum Gasteiger partial charge on any atom is -0.319 e. The number of amides is 1. The summed E-state index contributed by atoms with van der Waals surface area (Å²) in [5.74, 6) is 1.19. The fourth-order valence-corrected chi connectivity index (χ4v) is 3.23. The van der Waals surface area contributed by atoms with E-state index in [2.05, 4.69) is 37.4 Å². The molecule has 1 N–H and O–H groups in total. The molecule has 1 unspecified atom stereocenters. The number of benzene rings is 1. The maximum Gasteiger partial charge on any atom is 0.228 e. The van der Waals surface area contributed by atoms with Gasteiger partial charge in [-0.15, -0.1) is 11.8 Å². The number of hydrogen-bond donors (Lipinski definition) is 1. The molecular formula is C14H20N2OS. The summed E-state index contributed by atoms with van der Waals surface area (Å²) in [5, 5.41) is 3.04. The highest BCUT2D eigenvalue weighted by atomic mass is 32.2. The summed E-state index contributed by atoms with van der Waals surface area (Å²) in [5.41, 5.74) is 2.29. The van der Waals surface area contributed by atoms with Crippen LogP contribution in [-0.2, 0) is 4.79 Å². The van der Waals surface area contributed by atoms with E-state index < -0.39 is 0 Å². The first-order valence-corrected chi connectivity index (χ1v) is 7.32. The van der Waals surface area contributed by atoms with Crippen LogP contribution in [0, 0.1) is 6.92 Å². The number of rotatable bonds is 3. The molecule has 0 saturated heterocycles. The van der Waals surface area contributed by atoms with E-state index in [-0.39, 0.29) is 11.9 Å². The normalized spacial score (nSPS) is 18.6. The number of carbonyl (C=O) groups excluding carboxylic acids is 1. The summed E-state index contributed by atoms with van der Waals surface area (Å²) in [6, 6.07) is 6.63. The Morgan fingerprint density at radius 2 is 2.33 bits per heavy atom. The number of carbonyl (C=O) groups is 1. The zero-order valence-corrected chi connectivity index (χ0v) is 12.0. The molecule has 1 aromatic rings.